The van der Waals surface area contributed by atoms with Gasteiger partial charge in [0.1, 0.15) is 19.0 Å². The third-order valence-electron chi connectivity index (χ3n) is 3.60. The zero-order valence-corrected chi connectivity index (χ0v) is 14.4. The van der Waals surface area contributed by atoms with Crippen molar-refractivity contribution in [1.29, 1.82) is 0 Å². The van der Waals surface area contributed by atoms with E-state index in [0.717, 1.165) is 11.3 Å². The van der Waals surface area contributed by atoms with Gasteiger partial charge < -0.3 is 19.9 Å². The average molecular weight is 336 g/mol. The molecule has 0 aromatic heterocycles. The summed E-state index contributed by atoms with van der Waals surface area (Å²) >= 11 is 6.22. The van der Waals surface area contributed by atoms with Crippen molar-refractivity contribution in [3.05, 3.63) is 52.0 Å². The quantitative estimate of drug-likeness (QED) is 0.780. The van der Waals surface area contributed by atoms with Gasteiger partial charge in [-0.2, -0.15) is 0 Å². The molecule has 0 radical (unpaired) electrons. The van der Waals surface area contributed by atoms with Crippen LogP contribution in [0.5, 0.6) is 17.2 Å². The van der Waals surface area contributed by atoms with Crippen molar-refractivity contribution in [2.75, 3.05) is 20.3 Å². The van der Waals surface area contributed by atoms with Crippen LogP contribution < -0.4 is 19.9 Å². The third kappa shape index (κ3) is 4.53. The zero-order chi connectivity index (χ0) is 16.8. The largest absolute Gasteiger partial charge is 0.493 e. The second-order valence-corrected chi connectivity index (χ2v) is 5.66. The normalized spacial score (nSPS) is 10.5. The molecule has 23 heavy (non-hydrogen) atoms. The molecule has 0 spiro atoms. The number of rotatable bonds is 7. The molecule has 0 fully saturated rings. The number of methoxy groups -OCH3 is 1. The highest BCUT2D eigenvalue weighted by Gasteiger charge is 2.11. The number of hydrogen-bond acceptors (Lipinski definition) is 4. The Labute approximate surface area is 142 Å². The number of halogens is 1. The van der Waals surface area contributed by atoms with Crippen LogP contribution in [-0.4, -0.2) is 20.3 Å². The van der Waals surface area contributed by atoms with Crippen molar-refractivity contribution in [3.8, 4) is 17.2 Å². The Morgan fingerprint density at radius 1 is 1.00 bits per heavy atom. The summed E-state index contributed by atoms with van der Waals surface area (Å²) < 4.78 is 16.7. The first kappa shape index (κ1) is 17.4. The molecule has 0 aliphatic heterocycles. The van der Waals surface area contributed by atoms with Gasteiger partial charge >= 0.3 is 0 Å². The molecule has 4 nitrogen and oxygen atoms in total. The summed E-state index contributed by atoms with van der Waals surface area (Å²) in [5, 5.41) is 0.482. The maximum atomic E-state index is 6.22. The highest BCUT2D eigenvalue weighted by molar-refractivity contribution is 6.32. The minimum Gasteiger partial charge on any atom is -0.493 e. The molecule has 2 aromatic rings. The predicted octanol–water partition coefficient (Wildman–Crippen LogP) is 3.88. The first-order valence-corrected chi connectivity index (χ1v) is 7.82. The lowest BCUT2D eigenvalue weighted by Crippen LogP contribution is -2.10. The van der Waals surface area contributed by atoms with Crippen molar-refractivity contribution in [2.45, 2.75) is 20.4 Å². The molecule has 0 heterocycles. The van der Waals surface area contributed by atoms with Crippen molar-refractivity contribution in [1.82, 2.24) is 0 Å². The van der Waals surface area contributed by atoms with E-state index in [4.69, 9.17) is 31.5 Å². The first-order chi connectivity index (χ1) is 11.0. The second-order valence-electron chi connectivity index (χ2n) is 5.26. The summed E-state index contributed by atoms with van der Waals surface area (Å²) in [6.45, 7) is 5.31. The van der Waals surface area contributed by atoms with E-state index in [-0.39, 0.29) is 0 Å². The Hall–Kier alpha value is -1.91. The molecule has 0 unspecified atom stereocenters. The molecular weight excluding hydrogens is 314 g/mol. The van der Waals surface area contributed by atoms with E-state index in [0.29, 0.717) is 36.3 Å². The minimum atomic E-state index is 0.366. The fourth-order valence-electron chi connectivity index (χ4n) is 2.14. The maximum absolute atomic E-state index is 6.22. The zero-order valence-electron chi connectivity index (χ0n) is 13.7. The third-order valence-corrected chi connectivity index (χ3v) is 3.88. The number of aryl methyl sites for hydroxylation is 2. The Bertz CT molecular complexity index is 674. The molecule has 0 bridgehead atoms. The van der Waals surface area contributed by atoms with Gasteiger partial charge in [-0.15, -0.1) is 0 Å². The minimum absolute atomic E-state index is 0.366. The molecule has 0 saturated heterocycles. The van der Waals surface area contributed by atoms with E-state index >= 15 is 0 Å². The fourth-order valence-corrected chi connectivity index (χ4v) is 2.43. The van der Waals surface area contributed by atoms with Gasteiger partial charge in [0.15, 0.2) is 11.5 Å². The molecule has 2 aromatic carbocycles. The Balaban J connectivity index is 1.94. The molecule has 0 aliphatic carbocycles. The van der Waals surface area contributed by atoms with Gasteiger partial charge in [0, 0.05) is 6.54 Å². The SMILES string of the molecule is COc1cc(CN)cc(Cl)c1OCCOc1ccc(C)c(C)c1. The highest BCUT2D eigenvalue weighted by Crippen LogP contribution is 2.36. The van der Waals surface area contributed by atoms with E-state index in [2.05, 4.69) is 13.8 Å². The molecule has 0 saturated carbocycles. The number of hydrogen-bond donors (Lipinski definition) is 1. The van der Waals surface area contributed by atoms with E-state index in [1.807, 2.05) is 24.3 Å². The van der Waals surface area contributed by atoms with Gasteiger partial charge in [-0.3, -0.25) is 0 Å². The standard InChI is InChI=1S/C18H22ClNO3/c1-12-4-5-15(8-13(12)2)22-6-7-23-18-16(19)9-14(11-20)10-17(18)21-3/h4-5,8-10H,6-7,11,20H2,1-3H3. The van der Waals surface area contributed by atoms with Crippen LogP contribution in [0.2, 0.25) is 5.02 Å². The molecule has 5 heteroatoms. The van der Waals surface area contributed by atoms with E-state index in [1.54, 1.807) is 13.2 Å². The lowest BCUT2D eigenvalue weighted by atomic mass is 10.1. The van der Waals surface area contributed by atoms with E-state index < -0.39 is 0 Å². The highest BCUT2D eigenvalue weighted by atomic mass is 35.5. The van der Waals surface area contributed by atoms with Gasteiger partial charge in [0.05, 0.1) is 12.1 Å². The lowest BCUT2D eigenvalue weighted by molar-refractivity contribution is 0.211. The molecule has 2 N–H and O–H groups in total. The van der Waals surface area contributed by atoms with Crippen molar-refractivity contribution in [3.63, 3.8) is 0 Å². The Kier molecular flexibility index (Phi) is 6.13. The van der Waals surface area contributed by atoms with E-state index in [1.165, 1.54) is 11.1 Å². The van der Waals surface area contributed by atoms with Crippen molar-refractivity contribution < 1.29 is 14.2 Å². The van der Waals surface area contributed by atoms with Crippen molar-refractivity contribution >= 4 is 11.6 Å². The summed E-state index contributed by atoms with van der Waals surface area (Å²) in [4.78, 5) is 0. The number of nitrogens with two attached hydrogens (primary N) is 1. The topological polar surface area (TPSA) is 53.7 Å². The van der Waals surface area contributed by atoms with Crippen LogP contribution in [0, 0.1) is 13.8 Å². The van der Waals surface area contributed by atoms with Crippen LogP contribution in [0.1, 0.15) is 16.7 Å². The van der Waals surface area contributed by atoms with Crippen LogP contribution in [0.25, 0.3) is 0 Å². The summed E-state index contributed by atoms with van der Waals surface area (Å²) in [7, 11) is 1.57. The lowest BCUT2D eigenvalue weighted by Gasteiger charge is -2.14. The number of ether oxygens (including phenoxy) is 3. The average Bonchev–Trinajstić information content (AvgIpc) is 2.55. The molecule has 124 valence electrons. The van der Waals surface area contributed by atoms with Gasteiger partial charge in [-0.05, 0) is 54.8 Å². The van der Waals surface area contributed by atoms with Crippen molar-refractivity contribution in [2.24, 2.45) is 5.73 Å². The molecule has 2 rings (SSSR count). The molecular formula is C18H22ClNO3. The van der Waals surface area contributed by atoms with Gasteiger partial charge in [0.2, 0.25) is 0 Å². The maximum Gasteiger partial charge on any atom is 0.179 e. The van der Waals surface area contributed by atoms with Crippen LogP contribution in [-0.2, 0) is 6.54 Å². The molecule has 0 atom stereocenters. The summed E-state index contributed by atoms with van der Waals surface area (Å²) in [5.74, 6) is 1.91. The van der Waals surface area contributed by atoms with Crippen LogP contribution >= 0.6 is 11.6 Å². The first-order valence-electron chi connectivity index (χ1n) is 7.44. The Morgan fingerprint density at radius 2 is 1.74 bits per heavy atom. The van der Waals surface area contributed by atoms with Gasteiger partial charge in [-0.25, -0.2) is 0 Å². The van der Waals surface area contributed by atoms with E-state index in [9.17, 15) is 0 Å². The monoisotopic (exact) mass is 335 g/mol. The summed E-state index contributed by atoms with van der Waals surface area (Å²) in [6, 6.07) is 9.61. The second kappa shape index (κ2) is 8.09. The van der Waals surface area contributed by atoms with Gasteiger partial charge in [0.25, 0.3) is 0 Å². The van der Waals surface area contributed by atoms with Crippen LogP contribution in [0.15, 0.2) is 30.3 Å². The summed E-state index contributed by atoms with van der Waals surface area (Å²) in [6.07, 6.45) is 0. The Morgan fingerprint density at radius 3 is 2.39 bits per heavy atom. The molecule has 0 aliphatic rings. The predicted molar refractivity (Wildman–Crippen MR) is 92.8 cm³/mol. The fraction of sp³-hybridized carbons (Fsp3) is 0.333. The smallest absolute Gasteiger partial charge is 0.179 e. The van der Waals surface area contributed by atoms with Gasteiger partial charge in [-0.1, -0.05) is 17.7 Å². The number of benzene rings is 2. The van der Waals surface area contributed by atoms with Crippen LogP contribution in [0.3, 0.4) is 0 Å². The summed E-state index contributed by atoms with van der Waals surface area (Å²) in [5.41, 5.74) is 8.96. The molecule has 0 amide bonds. The van der Waals surface area contributed by atoms with Crippen LogP contribution in [0.4, 0.5) is 0 Å².